The van der Waals surface area contributed by atoms with Crippen LogP contribution in [0.2, 0.25) is 0 Å². The van der Waals surface area contributed by atoms with Crippen LogP contribution in [0.3, 0.4) is 0 Å². The van der Waals surface area contributed by atoms with Gasteiger partial charge in [0.2, 0.25) is 0 Å². The molecular weight excluding hydrogens is 536 g/mol. The molecule has 3 fully saturated rings. The van der Waals surface area contributed by atoms with Crippen molar-refractivity contribution in [2.75, 3.05) is 39.3 Å². The van der Waals surface area contributed by atoms with E-state index in [0.29, 0.717) is 18.4 Å². The fraction of sp³-hybridized carbons (Fsp3) is 0.611. The van der Waals surface area contributed by atoms with Crippen molar-refractivity contribution < 1.29 is 14.7 Å². The predicted octanol–water partition coefficient (Wildman–Crippen LogP) is 6.13. The minimum atomic E-state index is -0.642. The van der Waals surface area contributed by atoms with Crippen LogP contribution in [-0.4, -0.2) is 83.2 Å². The summed E-state index contributed by atoms with van der Waals surface area (Å²) in [4.78, 5) is 32.8. The van der Waals surface area contributed by atoms with Gasteiger partial charge in [-0.25, -0.2) is 4.79 Å². The number of carbonyl (C=O) groups is 2. The zero-order valence-corrected chi connectivity index (χ0v) is 26.3. The van der Waals surface area contributed by atoms with Crippen LogP contribution in [0.1, 0.15) is 80.9 Å². The van der Waals surface area contributed by atoms with E-state index in [0.717, 1.165) is 89.8 Å². The number of amides is 2. The average molecular weight is 589 g/mol. The molecule has 0 spiro atoms. The highest BCUT2D eigenvalue weighted by atomic mass is 16.4. The quantitative estimate of drug-likeness (QED) is 0.330. The number of rotatable bonds is 11. The molecule has 3 aliphatic rings. The molecule has 2 N–H and O–H groups in total. The van der Waals surface area contributed by atoms with Crippen molar-refractivity contribution in [1.82, 2.24) is 20.0 Å². The summed E-state index contributed by atoms with van der Waals surface area (Å²) in [6.45, 7) is 10.1. The number of benzene rings is 2. The van der Waals surface area contributed by atoms with Crippen molar-refractivity contribution in [3.8, 4) is 0 Å². The van der Waals surface area contributed by atoms with E-state index in [1.165, 1.54) is 17.5 Å². The Kier molecular flexibility index (Phi) is 11.1. The number of piperidine rings is 1. The summed E-state index contributed by atoms with van der Waals surface area (Å²) < 4.78 is 0. The summed E-state index contributed by atoms with van der Waals surface area (Å²) in [6, 6.07) is 19.0. The summed E-state index contributed by atoms with van der Waals surface area (Å²) >= 11 is 0. The number of hydrogen-bond donors (Lipinski definition) is 2. The van der Waals surface area contributed by atoms with Crippen LogP contribution in [0.15, 0.2) is 54.6 Å². The molecule has 0 bridgehead atoms. The van der Waals surface area contributed by atoms with Gasteiger partial charge in [0.15, 0.2) is 0 Å². The highest BCUT2D eigenvalue weighted by molar-refractivity contribution is 5.74. The van der Waals surface area contributed by atoms with E-state index >= 15 is 0 Å². The van der Waals surface area contributed by atoms with Crippen LogP contribution in [0.4, 0.5) is 4.79 Å². The first-order valence-electron chi connectivity index (χ1n) is 16.8. The maximum absolute atomic E-state index is 13.3. The topological polar surface area (TPSA) is 76.1 Å². The van der Waals surface area contributed by atoms with Crippen molar-refractivity contribution in [3.05, 3.63) is 71.3 Å². The van der Waals surface area contributed by atoms with Crippen molar-refractivity contribution in [2.45, 2.75) is 89.8 Å². The molecule has 2 amide bonds. The molecule has 1 saturated carbocycles. The van der Waals surface area contributed by atoms with Gasteiger partial charge in [-0.3, -0.25) is 9.69 Å². The third-order valence-corrected chi connectivity index (χ3v) is 10.2. The number of aliphatic carboxylic acids is 1. The number of nitrogens with one attached hydrogen (secondary N) is 1. The molecule has 0 radical (unpaired) electrons. The van der Waals surface area contributed by atoms with Crippen LogP contribution in [-0.2, 0) is 11.3 Å². The standard InChI is InChI=1S/C36H52N4O3/c1-3-20-40(36(43)37-23-28-16-14-27(2)15-17-28)32-18-21-38(22-19-32)24-31-25-39(26-33(31)29-10-6-4-7-11-29)34(35(41)42)30-12-8-5-9-13-30/h4,6-7,10-11,14-17,30-34H,3,5,8-9,12-13,18-26H2,1-2H3,(H,37,43)(H,41,42)/t31-,33+,34+/m0/s1. The highest BCUT2D eigenvalue weighted by Crippen LogP contribution is 2.38. The maximum atomic E-state index is 13.3. The highest BCUT2D eigenvalue weighted by Gasteiger charge is 2.43. The molecule has 7 heteroatoms. The van der Waals surface area contributed by atoms with E-state index in [1.54, 1.807) is 0 Å². The third kappa shape index (κ3) is 8.18. The monoisotopic (exact) mass is 588 g/mol. The van der Waals surface area contributed by atoms with Crippen LogP contribution < -0.4 is 5.32 Å². The van der Waals surface area contributed by atoms with Gasteiger partial charge in [-0.15, -0.1) is 0 Å². The summed E-state index contributed by atoms with van der Waals surface area (Å²) in [5.74, 6) is 0.359. The van der Waals surface area contributed by atoms with Crippen LogP contribution in [0, 0.1) is 18.8 Å². The normalized spacial score (nSPS) is 23.2. The summed E-state index contributed by atoms with van der Waals surface area (Å²) in [6.07, 6.45) is 8.51. The second-order valence-corrected chi connectivity index (χ2v) is 13.3. The SMILES string of the molecule is CCCN(C(=O)NCc1ccc(C)cc1)C1CCN(C[C@H]2CN([C@@H](C(=O)O)C3CCCCC3)C[C@@H]2c2ccccc2)CC1. The number of nitrogens with zero attached hydrogens (tertiary/aromatic N) is 3. The predicted molar refractivity (Wildman–Crippen MR) is 172 cm³/mol. The van der Waals surface area contributed by atoms with E-state index < -0.39 is 5.97 Å². The Hall–Kier alpha value is -2.90. The fourth-order valence-electron chi connectivity index (χ4n) is 7.92. The number of carboxylic acid groups (broad SMARTS) is 1. The van der Waals surface area contributed by atoms with Gasteiger partial charge >= 0.3 is 12.0 Å². The lowest BCUT2D eigenvalue weighted by Crippen LogP contribution is -2.51. The molecule has 0 aromatic heterocycles. The molecule has 7 nitrogen and oxygen atoms in total. The van der Waals surface area contributed by atoms with Gasteiger partial charge in [-0.2, -0.15) is 0 Å². The first-order valence-corrected chi connectivity index (χ1v) is 16.8. The Morgan fingerprint density at radius 3 is 2.30 bits per heavy atom. The van der Waals surface area contributed by atoms with Gasteiger partial charge in [-0.05, 0) is 62.0 Å². The maximum Gasteiger partial charge on any atom is 0.321 e. The summed E-state index contributed by atoms with van der Waals surface area (Å²) in [7, 11) is 0. The van der Waals surface area contributed by atoms with Crippen LogP contribution in [0.25, 0.3) is 0 Å². The lowest BCUT2D eigenvalue weighted by atomic mass is 9.83. The Balaban J connectivity index is 1.20. The zero-order valence-electron chi connectivity index (χ0n) is 26.3. The third-order valence-electron chi connectivity index (χ3n) is 10.2. The first kappa shape index (κ1) is 31.5. The number of urea groups is 1. The smallest absolute Gasteiger partial charge is 0.321 e. The summed E-state index contributed by atoms with van der Waals surface area (Å²) in [5.41, 5.74) is 3.68. The van der Waals surface area contributed by atoms with Crippen molar-refractivity contribution in [3.63, 3.8) is 0 Å². The van der Waals surface area contributed by atoms with Gasteiger partial charge < -0.3 is 20.2 Å². The first-order chi connectivity index (χ1) is 20.9. The van der Waals surface area contributed by atoms with Crippen LogP contribution >= 0.6 is 0 Å². The Bertz CT molecular complexity index is 1160. The number of likely N-dealkylation sites (tertiary alicyclic amines) is 2. The van der Waals surface area contributed by atoms with E-state index in [9.17, 15) is 14.7 Å². The average Bonchev–Trinajstić information content (AvgIpc) is 3.43. The molecule has 2 aromatic carbocycles. The second-order valence-electron chi connectivity index (χ2n) is 13.3. The van der Waals surface area contributed by atoms with E-state index in [1.807, 2.05) is 0 Å². The Morgan fingerprint density at radius 2 is 1.65 bits per heavy atom. The molecule has 2 saturated heterocycles. The molecule has 3 atom stereocenters. The number of aryl methyl sites for hydroxylation is 1. The van der Waals surface area contributed by atoms with Gasteiger partial charge in [-0.1, -0.05) is 86.3 Å². The van der Waals surface area contributed by atoms with Crippen molar-refractivity contribution >= 4 is 12.0 Å². The van der Waals surface area contributed by atoms with Crippen molar-refractivity contribution in [2.24, 2.45) is 11.8 Å². The molecule has 43 heavy (non-hydrogen) atoms. The van der Waals surface area contributed by atoms with Gasteiger partial charge in [0.1, 0.15) is 6.04 Å². The number of carboxylic acids is 1. The van der Waals surface area contributed by atoms with Gasteiger partial charge in [0.05, 0.1) is 0 Å². The Morgan fingerprint density at radius 1 is 0.953 bits per heavy atom. The second kappa shape index (κ2) is 15.2. The number of hydrogen-bond acceptors (Lipinski definition) is 4. The number of carbonyl (C=O) groups excluding carboxylic acids is 1. The minimum absolute atomic E-state index is 0.0406. The molecule has 2 aromatic rings. The Labute approximate surface area is 258 Å². The van der Waals surface area contributed by atoms with E-state index in [4.69, 9.17) is 0 Å². The lowest BCUT2D eigenvalue weighted by molar-refractivity contribution is -0.145. The molecule has 234 valence electrons. The molecule has 2 aliphatic heterocycles. The molecule has 2 heterocycles. The van der Waals surface area contributed by atoms with Crippen molar-refractivity contribution in [1.29, 1.82) is 0 Å². The van der Waals surface area contributed by atoms with E-state index in [2.05, 4.69) is 88.5 Å². The summed E-state index contributed by atoms with van der Waals surface area (Å²) in [5, 5.41) is 13.5. The van der Waals surface area contributed by atoms with Gasteiger partial charge in [0, 0.05) is 57.8 Å². The molecular formula is C36H52N4O3. The fourth-order valence-corrected chi connectivity index (χ4v) is 7.92. The minimum Gasteiger partial charge on any atom is -0.480 e. The van der Waals surface area contributed by atoms with Gasteiger partial charge in [0.25, 0.3) is 0 Å². The molecule has 5 rings (SSSR count). The van der Waals surface area contributed by atoms with E-state index in [-0.39, 0.29) is 24.0 Å². The molecule has 0 unspecified atom stereocenters. The lowest BCUT2D eigenvalue weighted by Gasteiger charge is -2.39. The molecule has 1 aliphatic carbocycles. The largest absolute Gasteiger partial charge is 0.480 e. The van der Waals surface area contributed by atoms with Crippen LogP contribution in [0.5, 0.6) is 0 Å². The zero-order chi connectivity index (χ0) is 30.2.